The van der Waals surface area contributed by atoms with Crippen molar-refractivity contribution in [2.45, 2.75) is 59.5 Å². The van der Waals surface area contributed by atoms with Gasteiger partial charge in [-0.15, -0.1) is 0 Å². The zero-order chi connectivity index (χ0) is 20.3. The van der Waals surface area contributed by atoms with Gasteiger partial charge in [0.1, 0.15) is 18.0 Å². The van der Waals surface area contributed by atoms with Crippen LogP contribution in [0.15, 0.2) is 24.3 Å². The standard InChI is InChI=1S/C21H33NO5/c1-6-8-17(19(23)25-7-2)15-16-9-11-18(12-10-16)26-14-13-22-20(24)27-21(3,4)5/h9-12,17H,6-8,13-15H2,1-5H3,(H,22,24). The zero-order valence-electron chi connectivity index (χ0n) is 17.2. The number of rotatable bonds is 10. The lowest BCUT2D eigenvalue weighted by molar-refractivity contribution is -0.148. The summed E-state index contributed by atoms with van der Waals surface area (Å²) in [6, 6.07) is 7.66. The molecular weight excluding hydrogens is 346 g/mol. The molecule has 1 N–H and O–H groups in total. The SMILES string of the molecule is CCCC(Cc1ccc(OCCNC(=O)OC(C)(C)C)cc1)C(=O)OCC. The third-order valence-corrected chi connectivity index (χ3v) is 3.70. The Hall–Kier alpha value is -2.24. The molecule has 6 nitrogen and oxygen atoms in total. The monoisotopic (exact) mass is 379 g/mol. The normalized spacial score (nSPS) is 12.2. The van der Waals surface area contributed by atoms with E-state index in [0.29, 0.717) is 31.9 Å². The molecule has 0 bridgehead atoms. The van der Waals surface area contributed by atoms with E-state index in [1.807, 2.05) is 52.0 Å². The number of alkyl carbamates (subject to hydrolysis) is 1. The lowest BCUT2D eigenvalue weighted by Crippen LogP contribution is -2.34. The number of nitrogens with one attached hydrogen (secondary N) is 1. The van der Waals surface area contributed by atoms with E-state index in [1.54, 1.807) is 0 Å². The Morgan fingerprint density at radius 3 is 2.33 bits per heavy atom. The summed E-state index contributed by atoms with van der Waals surface area (Å²) in [6.45, 7) is 10.5. The van der Waals surface area contributed by atoms with Gasteiger partial charge in [-0.25, -0.2) is 4.79 Å². The molecule has 0 radical (unpaired) electrons. The van der Waals surface area contributed by atoms with Crippen molar-refractivity contribution in [1.82, 2.24) is 5.32 Å². The number of esters is 1. The Morgan fingerprint density at radius 1 is 1.11 bits per heavy atom. The molecule has 1 aromatic rings. The van der Waals surface area contributed by atoms with Gasteiger partial charge in [0.05, 0.1) is 19.1 Å². The summed E-state index contributed by atoms with van der Waals surface area (Å²) in [7, 11) is 0. The Morgan fingerprint density at radius 2 is 1.78 bits per heavy atom. The van der Waals surface area contributed by atoms with E-state index in [4.69, 9.17) is 14.2 Å². The van der Waals surface area contributed by atoms with Crippen molar-refractivity contribution in [3.8, 4) is 5.75 Å². The highest BCUT2D eigenvalue weighted by Crippen LogP contribution is 2.19. The van der Waals surface area contributed by atoms with Crippen LogP contribution in [-0.4, -0.2) is 37.4 Å². The molecule has 27 heavy (non-hydrogen) atoms. The molecular formula is C21H33NO5. The first-order valence-electron chi connectivity index (χ1n) is 9.60. The van der Waals surface area contributed by atoms with Crippen molar-refractivity contribution in [3.63, 3.8) is 0 Å². The molecule has 6 heteroatoms. The van der Waals surface area contributed by atoms with Crippen LogP contribution in [0.25, 0.3) is 0 Å². The van der Waals surface area contributed by atoms with Gasteiger partial charge in [-0.3, -0.25) is 4.79 Å². The lowest BCUT2D eigenvalue weighted by atomic mass is 9.95. The van der Waals surface area contributed by atoms with Gasteiger partial charge in [0.25, 0.3) is 0 Å². The maximum atomic E-state index is 12.0. The summed E-state index contributed by atoms with van der Waals surface area (Å²) >= 11 is 0. The highest BCUT2D eigenvalue weighted by molar-refractivity contribution is 5.72. The largest absolute Gasteiger partial charge is 0.492 e. The second-order valence-corrected chi connectivity index (χ2v) is 7.36. The number of hydrogen-bond acceptors (Lipinski definition) is 5. The number of amides is 1. The number of carbonyl (C=O) groups is 2. The van der Waals surface area contributed by atoms with E-state index < -0.39 is 11.7 Å². The number of benzene rings is 1. The number of ether oxygens (including phenoxy) is 3. The second-order valence-electron chi connectivity index (χ2n) is 7.36. The fraction of sp³-hybridized carbons (Fsp3) is 0.619. The average molecular weight is 379 g/mol. The summed E-state index contributed by atoms with van der Waals surface area (Å²) in [5, 5.41) is 2.65. The van der Waals surface area contributed by atoms with Gasteiger partial charge >= 0.3 is 12.1 Å². The highest BCUT2D eigenvalue weighted by atomic mass is 16.6. The molecule has 1 rings (SSSR count). The molecule has 1 amide bonds. The molecule has 152 valence electrons. The fourth-order valence-electron chi connectivity index (χ4n) is 2.55. The van der Waals surface area contributed by atoms with Crippen LogP contribution in [0, 0.1) is 5.92 Å². The molecule has 0 spiro atoms. The van der Waals surface area contributed by atoms with Crippen molar-refractivity contribution in [1.29, 1.82) is 0 Å². The molecule has 0 heterocycles. The van der Waals surface area contributed by atoms with E-state index in [0.717, 1.165) is 18.4 Å². The minimum absolute atomic E-state index is 0.111. The molecule has 0 aromatic heterocycles. The minimum atomic E-state index is -0.514. The Kier molecular flexibility index (Phi) is 9.68. The smallest absolute Gasteiger partial charge is 0.407 e. The molecule has 1 aromatic carbocycles. The quantitative estimate of drug-likeness (QED) is 0.489. The summed E-state index contributed by atoms with van der Waals surface area (Å²) < 4.78 is 15.9. The molecule has 0 saturated carbocycles. The Labute approximate surface area is 162 Å². The van der Waals surface area contributed by atoms with Gasteiger partial charge < -0.3 is 19.5 Å². The average Bonchev–Trinajstić information content (AvgIpc) is 2.58. The van der Waals surface area contributed by atoms with Crippen LogP contribution in [0.3, 0.4) is 0 Å². The maximum Gasteiger partial charge on any atom is 0.407 e. The van der Waals surface area contributed by atoms with E-state index >= 15 is 0 Å². The van der Waals surface area contributed by atoms with E-state index in [1.165, 1.54) is 0 Å². The van der Waals surface area contributed by atoms with Crippen LogP contribution in [0.2, 0.25) is 0 Å². The molecule has 0 saturated heterocycles. The highest BCUT2D eigenvalue weighted by Gasteiger charge is 2.19. The maximum absolute atomic E-state index is 12.0. The van der Waals surface area contributed by atoms with Crippen LogP contribution in [0.4, 0.5) is 4.79 Å². The summed E-state index contributed by atoms with van der Waals surface area (Å²) in [5.74, 6) is 0.473. The Balaban J connectivity index is 2.42. The van der Waals surface area contributed by atoms with Gasteiger partial charge in [-0.05, 0) is 58.2 Å². The van der Waals surface area contributed by atoms with Crippen molar-refractivity contribution >= 4 is 12.1 Å². The number of hydrogen-bond donors (Lipinski definition) is 1. The molecule has 0 aliphatic rings. The third kappa shape index (κ3) is 9.87. The summed E-state index contributed by atoms with van der Waals surface area (Å²) in [5.41, 5.74) is 0.556. The summed E-state index contributed by atoms with van der Waals surface area (Å²) in [4.78, 5) is 23.6. The molecule has 0 aliphatic carbocycles. The minimum Gasteiger partial charge on any atom is -0.492 e. The first kappa shape index (κ1) is 22.8. The predicted molar refractivity (Wildman–Crippen MR) is 105 cm³/mol. The van der Waals surface area contributed by atoms with E-state index in [9.17, 15) is 9.59 Å². The third-order valence-electron chi connectivity index (χ3n) is 3.70. The van der Waals surface area contributed by atoms with Crippen molar-refractivity contribution in [3.05, 3.63) is 29.8 Å². The molecule has 0 aliphatic heterocycles. The van der Waals surface area contributed by atoms with Gasteiger partial charge in [0, 0.05) is 0 Å². The van der Waals surface area contributed by atoms with Crippen molar-refractivity contribution in [2.75, 3.05) is 19.8 Å². The lowest BCUT2D eigenvalue weighted by Gasteiger charge is -2.19. The fourth-order valence-corrected chi connectivity index (χ4v) is 2.55. The topological polar surface area (TPSA) is 73.9 Å². The van der Waals surface area contributed by atoms with E-state index in [-0.39, 0.29) is 11.9 Å². The predicted octanol–water partition coefficient (Wildman–Crippen LogP) is 4.11. The van der Waals surface area contributed by atoms with Gasteiger partial charge in [0.2, 0.25) is 0 Å². The van der Waals surface area contributed by atoms with Crippen LogP contribution in [-0.2, 0) is 20.7 Å². The van der Waals surface area contributed by atoms with Crippen LogP contribution in [0.1, 0.15) is 53.0 Å². The van der Waals surface area contributed by atoms with Crippen LogP contribution < -0.4 is 10.1 Å². The molecule has 0 fully saturated rings. The van der Waals surface area contributed by atoms with Crippen molar-refractivity contribution in [2.24, 2.45) is 5.92 Å². The molecule has 1 unspecified atom stereocenters. The van der Waals surface area contributed by atoms with Crippen LogP contribution >= 0.6 is 0 Å². The van der Waals surface area contributed by atoms with Gasteiger partial charge in [-0.1, -0.05) is 25.5 Å². The first-order chi connectivity index (χ1) is 12.7. The Bertz CT molecular complexity index is 577. The van der Waals surface area contributed by atoms with E-state index in [2.05, 4.69) is 12.2 Å². The zero-order valence-corrected chi connectivity index (χ0v) is 17.2. The van der Waals surface area contributed by atoms with Crippen LogP contribution in [0.5, 0.6) is 5.75 Å². The first-order valence-corrected chi connectivity index (χ1v) is 9.60. The van der Waals surface area contributed by atoms with Crippen molar-refractivity contribution < 1.29 is 23.8 Å². The van der Waals surface area contributed by atoms with Gasteiger partial charge in [-0.2, -0.15) is 0 Å². The summed E-state index contributed by atoms with van der Waals surface area (Å²) in [6.07, 6.45) is 1.96. The molecule has 1 atom stereocenters. The number of carbonyl (C=O) groups excluding carboxylic acids is 2. The van der Waals surface area contributed by atoms with Gasteiger partial charge in [0.15, 0.2) is 0 Å². The second kappa shape index (κ2) is 11.5.